The monoisotopic (exact) mass is 1300 g/mol. The highest BCUT2D eigenvalue weighted by Crippen LogP contribution is 2.38. The van der Waals surface area contributed by atoms with Crippen LogP contribution in [0.1, 0.15) is 166 Å². The number of carbonyl (C=O) groups excluding carboxylic acids is 2. The SMILES string of the molecule is CC/C=C/CC=CCC(=O)OCCOP(=O)([O-])OCC[NH3+].CC/C=C/CC=CCC(C)O[O-].CC/C=C/CC=CCC(C)[O-].CCC(C=CCC(=O)OCCOP(=O)([O-])OCC[NH3+])OO.CCC(C=CCC(C)O[O-])OO.CCC(C=CCC(C)[O-])OO. The number of carbonyl (C=O) groups is 2. The third kappa shape index (κ3) is 84.3. The first-order chi connectivity index (χ1) is 42.0. The Kier molecular flexibility index (Phi) is 80.2. The molecule has 0 aliphatic carbocycles. The molecule has 0 saturated carbocycles. The van der Waals surface area contributed by atoms with Crippen molar-refractivity contribution in [3.63, 3.8) is 0 Å². The highest BCUT2D eigenvalue weighted by atomic mass is 31.2. The fourth-order valence-electron chi connectivity index (χ4n) is 5.20. The highest BCUT2D eigenvalue weighted by Gasteiger charge is 2.11. The van der Waals surface area contributed by atoms with Crippen molar-refractivity contribution in [2.45, 2.75) is 208 Å². The van der Waals surface area contributed by atoms with Gasteiger partial charge < -0.3 is 79.3 Å². The molecule has 9 N–H and O–H groups in total. The van der Waals surface area contributed by atoms with Crippen molar-refractivity contribution < 1.29 is 128 Å². The lowest BCUT2D eigenvalue weighted by atomic mass is 10.2. The van der Waals surface area contributed by atoms with Crippen molar-refractivity contribution in [1.29, 1.82) is 0 Å². The Labute approximate surface area is 524 Å². The van der Waals surface area contributed by atoms with E-state index in [9.17, 15) is 49.2 Å². The van der Waals surface area contributed by atoms with Gasteiger partial charge in [0.2, 0.25) is 0 Å². The fourth-order valence-corrected chi connectivity index (χ4v) is 6.65. The maximum Gasteiger partial charge on any atom is 0.309 e. The maximum absolute atomic E-state index is 11.3. The van der Waals surface area contributed by atoms with Crippen LogP contribution in [0, 0.1) is 0 Å². The van der Waals surface area contributed by atoms with Gasteiger partial charge in [0.1, 0.15) is 44.7 Å². The zero-order valence-corrected chi connectivity index (χ0v) is 55.7. The molecule has 26 nitrogen and oxygen atoms in total. The summed E-state index contributed by atoms with van der Waals surface area (Å²) in [6.45, 7) is 18.2. The Hall–Kier alpha value is -3.74. The molecule has 518 valence electrons. The molecule has 0 aliphatic heterocycles. The topological polar surface area (TPSA) is 424 Å². The van der Waals surface area contributed by atoms with Crippen molar-refractivity contribution >= 4 is 27.6 Å². The minimum atomic E-state index is -4.35. The van der Waals surface area contributed by atoms with Crippen LogP contribution < -0.4 is 42.0 Å². The van der Waals surface area contributed by atoms with Crippen LogP contribution in [0.4, 0.5) is 0 Å². The van der Waals surface area contributed by atoms with Gasteiger partial charge in [0.15, 0.2) is 0 Å². The Bertz CT molecular complexity index is 1890. The van der Waals surface area contributed by atoms with Crippen LogP contribution in [0.5, 0.6) is 0 Å². The standard InChI is InChI=1S/C13H24NO6P.C11H22NO8P.C10H18O2.C10H17O.C8H16O4.C8H15O3/c1-2-3-4-5-6-7-8-13(15)18-11-12-20-21(16,17)19-10-9-14;1-2-10(20-14)4-3-5-11(13)17-8-9-19-21(15,16)18-7-6-12;1-3-4-5-6-7-8-9-10(2)12-11;1-3-4-5-6-7-8-9-10(2)11;1-3-8(12-10)6-4-5-7(2)11-9;1-3-8(11-10)6-4-5-7(2)9/h3-4,6-7H,2,5,8-12,14H2,1H3,(H,16,17);3-4,10,14H,2,5-9,12H2,1H3,(H,15,16);4-5,7-8,10-11H,3,6,9H2,1-2H3;4-5,7-8,10H,3,6,9H2,1-2H3;4,6-10H,3,5H2,1-2H3;4,6-8,10H,3,5H2,1-2H3/q;;;-1;;-1/p-2/b4-3+,7-6?;;2*5-4+,8-7?;;. The van der Waals surface area contributed by atoms with E-state index < -0.39 is 45.9 Å². The number of phosphoric acid groups is 2. The molecular formula is C60H110N2O24P2-4. The molecule has 0 fully saturated rings. The first kappa shape index (κ1) is 95.4. The minimum absolute atomic E-state index is 0.0209. The normalized spacial score (nSPS) is 15.5. The van der Waals surface area contributed by atoms with E-state index in [0.29, 0.717) is 58.0 Å². The van der Waals surface area contributed by atoms with Crippen molar-refractivity contribution in [2.75, 3.05) is 52.7 Å². The Morgan fingerprint density at radius 2 is 0.727 bits per heavy atom. The van der Waals surface area contributed by atoms with Gasteiger partial charge in [-0.2, -0.15) is 0 Å². The van der Waals surface area contributed by atoms with Gasteiger partial charge in [-0.1, -0.05) is 165 Å². The lowest BCUT2D eigenvalue weighted by Crippen LogP contribution is -2.52. The molecule has 28 heteroatoms. The van der Waals surface area contributed by atoms with Crippen molar-refractivity contribution in [1.82, 2.24) is 0 Å². The minimum Gasteiger partial charge on any atom is -0.852 e. The third-order valence-corrected chi connectivity index (χ3v) is 11.9. The van der Waals surface area contributed by atoms with Crippen LogP contribution in [-0.2, 0) is 70.7 Å². The van der Waals surface area contributed by atoms with Gasteiger partial charge in [-0.15, -0.1) is 12.2 Å². The molecule has 0 aliphatic rings. The molecule has 0 spiro atoms. The quantitative estimate of drug-likeness (QED) is 0.0118. The Morgan fingerprint density at radius 1 is 0.432 bits per heavy atom. The summed E-state index contributed by atoms with van der Waals surface area (Å²) in [6, 6.07) is 0. The molecule has 9 atom stereocenters. The predicted octanol–water partition coefficient (Wildman–Crippen LogP) is 5.90. The van der Waals surface area contributed by atoms with E-state index >= 15 is 0 Å². The Morgan fingerprint density at radius 3 is 1.06 bits per heavy atom. The molecule has 0 heterocycles. The number of esters is 2. The number of allylic oxidation sites excluding steroid dienone is 9. The van der Waals surface area contributed by atoms with Crippen molar-refractivity contribution in [3.05, 3.63) is 109 Å². The molecule has 0 saturated heterocycles. The summed E-state index contributed by atoms with van der Waals surface area (Å²) in [7, 11) is -8.66. The largest absolute Gasteiger partial charge is 0.852 e. The summed E-state index contributed by atoms with van der Waals surface area (Å²) in [5, 5.41) is 65.8. The van der Waals surface area contributed by atoms with E-state index in [0.717, 1.165) is 38.5 Å². The van der Waals surface area contributed by atoms with Gasteiger partial charge in [-0.3, -0.25) is 34.5 Å². The Balaban J connectivity index is -0.000000235. The van der Waals surface area contributed by atoms with Gasteiger partial charge in [-0.25, -0.2) is 14.7 Å². The molecule has 0 aromatic heterocycles. The second-order valence-corrected chi connectivity index (χ2v) is 21.2. The second kappa shape index (κ2) is 74.0. The smallest absolute Gasteiger partial charge is 0.309 e. The van der Waals surface area contributed by atoms with E-state index in [4.69, 9.17) is 25.2 Å². The van der Waals surface area contributed by atoms with E-state index in [-0.39, 0.29) is 76.9 Å². The number of hydrogen-bond donors (Lipinski definition) is 5. The molecule has 0 rings (SSSR count). The van der Waals surface area contributed by atoms with Crippen LogP contribution in [0.3, 0.4) is 0 Å². The molecule has 0 radical (unpaired) electrons. The van der Waals surface area contributed by atoms with Crippen LogP contribution >= 0.6 is 15.6 Å². The van der Waals surface area contributed by atoms with E-state index in [1.54, 1.807) is 65.0 Å². The average molecular weight is 1310 g/mol. The summed E-state index contributed by atoms with van der Waals surface area (Å²) in [6.07, 6.45) is 41.7. The summed E-state index contributed by atoms with van der Waals surface area (Å²) >= 11 is 0. The number of rotatable bonds is 46. The number of ether oxygens (including phenoxy) is 2. The third-order valence-electron chi connectivity index (χ3n) is 9.94. The zero-order chi connectivity index (χ0) is 68.0. The van der Waals surface area contributed by atoms with Gasteiger partial charge in [-0.05, 0) is 97.3 Å². The number of phosphoric ester groups is 2. The molecule has 88 heavy (non-hydrogen) atoms. The highest BCUT2D eigenvalue weighted by molar-refractivity contribution is 7.46. The predicted molar refractivity (Wildman–Crippen MR) is 325 cm³/mol. The van der Waals surface area contributed by atoms with Crippen LogP contribution in [-0.4, -0.2) is 123 Å². The fraction of sp³-hybridized carbons (Fsp3) is 0.667. The zero-order valence-electron chi connectivity index (χ0n) is 53.9. The molecule has 0 amide bonds. The summed E-state index contributed by atoms with van der Waals surface area (Å²) < 4.78 is 49.6. The molecule has 0 aromatic carbocycles. The lowest BCUT2D eigenvalue weighted by Gasteiger charge is -2.21. The summed E-state index contributed by atoms with van der Waals surface area (Å²) in [5.41, 5.74) is 6.86. The summed E-state index contributed by atoms with van der Waals surface area (Å²) in [4.78, 5) is 64.8. The first-order valence-corrected chi connectivity index (χ1v) is 32.7. The maximum atomic E-state index is 11.3. The average Bonchev–Trinajstić information content (AvgIpc) is 3.51. The molecule has 0 aromatic rings. The van der Waals surface area contributed by atoms with E-state index in [1.165, 1.54) is 12.2 Å². The number of quaternary nitrogens is 2. The second-order valence-electron chi connectivity index (χ2n) is 18.4. The van der Waals surface area contributed by atoms with Crippen LogP contribution in [0.25, 0.3) is 0 Å². The lowest BCUT2D eigenvalue weighted by molar-refractivity contribution is -0.701. The first-order valence-electron chi connectivity index (χ1n) is 29.8. The van der Waals surface area contributed by atoms with E-state index in [2.05, 4.69) is 92.2 Å². The van der Waals surface area contributed by atoms with Crippen LogP contribution in [0.2, 0.25) is 0 Å². The van der Waals surface area contributed by atoms with Gasteiger partial charge in [0.25, 0.3) is 15.6 Å². The van der Waals surface area contributed by atoms with E-state index in [1.807, 2.05) is 63.3 Å². The summed E-state index contributed by atoms with van der Waals surface area (Å²) in [5.74, 6) is -0.990. The molecule has 9 unspecified atom stereocenters. The van der Waals surface area contributed by atoms with Crippen LogP contribution in [0.15, 0.2) is 109 Å². The molecule has 0 bridgehead atoms. The van der Waals surface area contributed by atoms with Crippen molar-refractivity contribution in [2.24, 2.45) is 0 Å². The molecular weight excluding hydrogens is 1190 g/mol. The van der Waals surface area contributed by atoms with Crippen molar-refractivity contribution in [3.8, 4) is 0 Å². The number of hydrogen-bond acceptors (Lipinski definition) is 24. The van der Waals surface area contributed by atoms with Gasteiger partial charge in [0, 0.05) is 12.2 Å². The van der Waals surface area contributed by atoms with Gasteiger partial charge in [0.05, 0.1) is 39.1 Å². The van der Waals surface area contributed by atoms with Gasteiger partial charge >= 0.3 is 11.9 Å².